The number of carbonyl (C=O) groups is 1. The molecule has 0 spiro atoms. The van der Waals surface area contributed by atoms with E-state index in [2.05, 4.69) is 15.4 Å². The number of hydrogen-bond acceptors (Lipinski definition) is 4. The van der Waals surface area contributed by atoms with E-state index in [0.717, 1.165) is 11.1 Å². The van der Waals surface area contributed by atoms with Gasteiger partial charge in [0.05, 0.1) is 17.5 Å². The van der Waals surface area contributed by atoms with Gasteiger partial charge in [0.2, 0.25) is 11.9 Å². The first-order valence-electron chi connectivity index (χ1n) is 7.96. The first-order valence-corrected chi connectivity index (χ1v) is 8.34. The molecule has 1 aromatic heterocycles. The third-order valence-electron chi connectivity index (χ3n) is 4.15. The first-order chi connectivity index (χ1) is 12.6. The van der Waals surface area contributed by atoms with Gasteiger partial charge in [-0.3, -0.25) is 10.1 Å². The quantitative estimate of drug-likeness (QED) is 0.760. The van der Waals surface area contributed by atoms with Crippen LogP contribution in [0.3, 0.4) is 0 Å². The van der Waals surface area contributed by atoms with E-state index >= 15 is 0 Å². The van der Waals surface area contributed by atoms with Crippen LogP contribution < -0.4 is 10.1 Å². The van der Waals surface area contributed by atoms with Gasteiger partial charge in [-0.1, -0.05) is 29.8 Å². The molecule has 3 aromatic rings. The van der Waals surface area contributed by atoms with Crippen LogP contribution in [0.1, 0.15) is 23.6 Å². The van der Waals surface area contributed by atoms with Gasteiger partial charge in [0.15, 0.2) is 0 Å². The van der Waals surface area contributed by atoms with Crippen molar-refractivity contribution in [3.05, 3.63) is 70.8 Å². The lowest BCUT2D eigenvalue weighted by atomic mass is 10.0. The van der Waals surface area contributed by atoms with Gasteiger partial charge in [0.1, 0.15) is 24.5 Å². The first kappa shape index (κ1) is 16.5. The Morgan fingerprint density at radius 2 is 2.08 bits per heavy atom. The Labute approximate surface area is 153 Å². The van der Waals surface area contributed by atoms with Crippen LogP contribution in [-0.4, -0.2) is 20.7 Å². The molecule has 0 radical (unpaired) electrons. The highest BCUT2D eigenvalue weighted by atomic mass is 35.5. The Bertz CT molecular complexity index is 958. The number of hydrogen-bond donors (Lipinski definition) is 1. The molecule has 1 aliphatic rings. The van der Waals surface area contributed by atoms with Gasteiger partial charge in [-0.2, -0.15) is 10.1 Å². The highest BCUT2D eigenvalue weighted by Crippen LogP contribution is 2.33. The number of nitrogens with one attached hydrogen (secondary N) is 1. The predicted molar refractivity (Wildman–Crippen MR) is 93.6 cm³/mol. The Hall–Kier alpha value is -2.93. The predicted octanol–water partition coefficient (Wildman–Crippen LogP) is 3.58. The number of fused-ring (bicyclic) bond motifs is 1. The molecule has 0 fully saturated rings. The molecular weight excluding hydrogens is 359 g/mol. The summed E-state index contributed by atoms with van der Waals surface area (Å²) >= 11 is 6.35. The normalized spacial score (nSPS) is 16.1. The van der Waals surface area contributed by atoms with Crippen LogP contribution >= 0.6 is 11.6 Å². The molecule has 26 heavy (non-hydrogen) atoms. The van der Waals surface area contributed by atoms with Gasteiger partial charge in [-0.05, 0) is 35.4 Å². The maximum Gasteiger partial charge on any atom is 0.229 e. The molecule has 0 aliphatic carbocycles. The van der Waals surface area contributed by atoms with Crippen LogP contribution in [0.2, 0.25) is 5.02 Å². The van der Waals surface area contributed by atoms with Gasteiger partial charge in [-0.15, -0.1) is 0 Å². The molecule has 1 N–H and O–H groups in total. The molecule has 1 amide bonds. The summed E-state index contributed by atoms with van der Waals surface area (Å²) in [6.45, 7) is 0.276. The van der Waals surface area contributed by atoms with Crippen molar-refractivity contribution in [3.8, 4) is 5.75 Å². The molecule has 4 rings (SSSR count). The summed E-state index contributed by atoms with van der Waals surface area (Å²) in [7, 11) is 0. The lowest BCUT2D eigenvalue weighted by Crippen LogP contribution is -2.29. The highest BCUT2D eigenvalue weighted by molar-refractivity contribution is 6.32. The fourth-order valence-corrected chi connectivity index (χ4v) is 3.09. The Morgan fingerprint density at radius 1 is 1.27 bits per heavy atom. The van der Waals surface area contributed by atoms with Crippen molar-refractivity contribution in [2.75, 3.05) is 5.32 Å². The van der Waals surface area contributed by atoms with Crippen molar-refractivity contribution in [3.63, 3.8) is 0 Å². The fourth-order valence-electron chi connectivity index (χ4n) is 2.85. The molecule has 8 heteroatoms. The lowest BCUT2D eigenvalue weighted by molar-refractivity contribution is -0.117. The van der Waals surface area contributed by atoms with Crippen molar-refractivity contribution in [2.24, 2.45) is 0 Å². The summed E-state index contributed by atoms with van der Waals surface area (Å²) in [5, 5.41) is 7.27. The summed E-state index contributed by atoms with van der Waals surface area (Å²) in [5.74, 6) is 0.515. The third kappa shape index (κ3) is 3.25. The van der Waals surface area contributed by atoms with E-state index in [1.807, 2.05) is 6.07 Å². The van der Waals surface area contributed by atoms with Gasteiger partial charge >= 0.3 is 0 Å². The number of benzene rings is 2. The molecule has 6 nitrogen and oxygen atoms in total. The van der Waals surface area contributed by atoms with Gasteiger partial charge in [-0.25, -0.2) is 9.07 Å². The molecule has 0 bridgehead atoms. The van der Waals surface area contributed by atoms with E-state index in [0.29, 0.717) is 16.7 Å². The maximum absolute atomic E-state index is 12.9. The number of anilines is 1. The summed E-state index contributed by atoms with van der Waals surface area (Å²) in [4.78, 5) is 15.9. The second-order valence-corrected chi connectivity index (χ2v) is 6.31. The average Bonchev–Trinajstić information content (AvgIpc) is 3.09. The summed E-state index contributed by atoms with van der Waals surface area (Å²) < 4.78 is 20.3. The van der Waals surface area contributed by atoms with Crippen molar-refractivity contribution in [2.45, 2.75) is 19.1 Å². The SMILES string of the molecule is O=C1C[C@H](c2ccc(OCc3ccc(F)cc3)c(Cl)c2)n2ncnc2N1. The average molecular weight is 373 g/mol. The largest absolute Gasteiger partial charge is 0.487 e. The number of amides is 1. The second kappa shape index (κ2) is 6.76. The van der Waals surface area contributed by atoms with Gasteiger partial charge in [0, 0.05) is 0 Å². The highest BCUT2D eigenvalue weighted by Gasteiger charge is 2.28. The van der Waals surface area contributed by atoms with Crippen LogP contribution in [0.4, 0.5) is 10.3 Å². The van der Waals surface area contributed by atoms with Crippen LogP contribution in [-0.2, 0) is 11.4 Å². The summed E-state index contributed by atoms with van der Waals surface area (Å²) in [6, 6.07) is 11.2. The topological polar surface area (TPSA) is 69.0 Å². The smallest absolute Gasteiger partial charge is 0.229 e. The monoisotopic (exact) mass is 372 g/mol. The van der Waals surface area contributed by atoms with E-state index < -0.39 is 0 Å². The fraction of sp³-hybridized carbons (Fsp3) is 0.167. The van der Waals surface area contributed by atoms with Crippen LogP contribution in [0.15, 0.2) is 48.8 Å². The number of rotatable bonds is 4. The molecule has 0 saturated carbocycles. The van der Waals surface area contributed by atoms with Crippen molar-refractivity contribution in [1.29, 1.82) is 0 Å². The Balaban J connectivity index is 1.53. The number of carbonyl (C=O) groups excluding carboxylic acids is 1. The van der Waals surface area contributed by atoms with Crippen LogP contribution in [0, 0.1) is 5.82 Å². The van der Waals surface area contributed by atoms with Crippen LogP contribution in [0.5, 0.6) is 5.75 Å². The van der Waals surface area contributed by atoms with E-state index in [-0.39, 0.29) is 30.8 Å². The zero-order chi connectivity index (χ0) is 18.1. The van der Waals surface area contributed by atoms with Crippen molar-refractivity contribution < 1.29 is 13.9 Å². The molecule has 2 heterocycles. The second-order valence-electron chi connectivity index (χ2n) is 5.90. The Kier molecular flexibility index (Phi) is 4.30. The molecule has 1 atom stereocenters. The third-order valence-corrected chi connectivity index (χ3v) is 4.44. The molecule has 132 valence electrons. The van der Waals surface area contributed by atoms with E-state index in [1.165, 1.54) is 18.5 Å². The minimum Gasteiger partial charge on any atom is -0.487 e. The minimum absolute atomic E-state index is 0.122. The van der Waals surface area contributed by atoms with Gasteiger partial charge in [0.25, 0.3) is 0 Å². The standard InChI is InChI=1S/C18H14ClFN4O2/c19-14-7-12(15-8-17(25)23-18-21-10-22-24(15)18)3-6-16(14)26-9-11-1-4-13(20)5-2-11/h1-7,10,15H,8-9H2,(H,21,22,23,25)/t15-/m1/s1. The van der Waals surface area contributed by atoms with E-state index in [9.17, 15) is 9.18 Å². The van der Waals surface area contributed by atoms with E-state index in [1.54, 1.807) is 28.9 Å². The number of halogens is 2. The van der Waals surface area contributed by atoms with E-state index in [4.69, 9.17) is 16.3 Å². The minimum atomic E-state index is -0.292. The number of aromatic nitrogens is 3. The van der Waals surface area contributed by atoms with Crippen molar-refractivity contribution in [1.82, 2.24) is 14.8 Å². The number of ether oxygens (including phenoxy) is 1. The summed E-state index contributed by atoms with van der Waals surface area (Å²) in [5.41, 5.74) is 1.67. The summed E-state index contributed by atoms with van der Waals surface area (Å²) in [6.07, 6.45) is 1.65. The van der Waals surface area contributed by atoms with Gasteiger partial charge < -0.3 is 4.74 Å². The molecule has 0 unspecified atom stereocenters. The molecular formula is C18H14ClFN4O2. The van der Waals surface area contributed by atoms with Crippen molar-refractivity contribution >= 4 is 23.5 Å². The zero-order valence-corrected chi connectivity index (χ0v) is 14.3. The van der Waals surface area contributed by atoms with Crippen LogP contribution in [0.25, 0.3) is 0 Å². The zero-order valence-electron chi connectivity index (χ0n) is 13.5. The molecule has 2 aromatic carbocycles. The molecule has 1 aliphatic heterocycles. The number of nitrogens with zero attached hydrogens (tertiary/aromatic N) is 3. The lowest BCUT2D eigenvalue weighted by Gasteiger charge is -2.24. The Morgan fingerprint density at radius 3 is 2.85 bits per heavy atom. The maximum atomic E-state index is 12.9. The molecule has 0 saturated heterocycles.